The van der Waals surface area contributed by atoms with Gasteiger partial charge in [0.2, 0.25) is 5.91 Å². The standard InChI is InChI=1S/C13H26N2O3/c1-3-13(9-16,10-17)14-11(2)12(18)15-7-5-4-6-8-15/h11,14,16-17H,3-10H2,1-2H3. The van der Waals surface area contributed by atoms with Crippen molar-refractivity contribution in [1.82, 2.24) is 10.2 Å². The Balaban J connectivity index is 2.57. The Morgan fingerprint density at radius 2 is 1.83 bits per heavy atom. The smallest absolute Gasteiger partial charge is 0.239 e. The van der Waals surface area contributed by atoms with E-state index in [1.54, 1.807) is 6.92 Å². The molecule has 1 fully saturated rings. The van der Waals surface area contributed by atoms with Gasteiger partial charge in [-0.3, -0.25) is 10.1 Å². The van der Waals surface area contributed by atoms with Gasteiger partial charge in [0.05, 0.1) is 24.8 Å². The quantitative estimate of drug-likeness (QED) is 0.632. The average molecular weight is 258 g/mol. The number of amides is 1. The van der Waals surface area contributed by atoms with Crippen LogP contribution in [0, 0.1) is 0 Å². The highest BCUT2D eigenvalue weighted by Crippen LogP contribution is 2.13. The van der Waals surface area contributed by atoms with Gasteiger partial charge in [0, 0.05) is 13.1 Å². The van der Waals surface area contributed by atoms with E-state index in [2.05, 4.69) is 5.32 Å². The van der Waals surface area contributed by atoms with Gasteiger partial charge in [0.25, 0.3) is 0 Å². The third-order valence-electron chi connectivity index (χ3n) is 3.84. The van der Waals surface area contributed by atoms with Crippen LogP contribution in [0.5, 0.6) is 0 Å². The van der Waals surface area contributed by atoms with E-state index >= 15 is 0 Å². The van der Waals surface area contributed by atoms with Crippen molar-refractivity contribution in [2.24, 2.45) is 0 Å². The van der Waals surface area contributed by atoms with Crippen LogP contribution in [-0.2, 0) is 4.79 Å². The van der Waals surface area contributed by atoms with Crippen LogP contribution in [0.2, 0.25) is 0 Å². The first-order valence-electron chi connectivity index (χ1n) is 6.87. The molecule has 18 heavy (non-hydrogen) atoms. The second kappa shape index (κ2) is 7.07. The molecule has 1 atom stereocenters. The SMILES string of the molecule is CCC(CO)(CO)NC(C)C(=O)N1CCCCC1. The number of hydrogen-bond acceptors (Lipinski definition) is 4. The van der Waals surface area contributed by atoms with Crippen LogP contribution < -0.4 is 5.32 Å². The Kier molecular flexibility index (Phi) is 6.05. The molecule has 5 heteroatoms. The summed E-state index contributed by atoms with van der Waals surface area (Å²) < 4.78 is 0. The molecule has 1 amide bonds. The van der Waals surface area contributed by atoms with Crippen molar-refractivity contribution in [3.8, 4) is 0 Å². The van der Waals surface area contributed by atoms with Crippen LogP contribution in [0.1, 0.15) is 39.5 Å². The number of likely N-dealkylation sites (tertiary alicyclic amines) is 1. The molecule has 1 saturated heterocycles. The molecule has 0 spiro atoms. The highest BCUT2D eigenvalue weighted by molar-refractivity contribution is 5.81. The molecular formula is C13H26N2O3. The summed E-state index contributed by atoms with van der Waals surface area (Å²) in [5, 5.41) is 21.8. The minimum Gasteiger partial charge on any atom is -0.394 e. The van der Waals surface area contributed by atoms with Crippen molar-refractivity contribution in [2.75, 3.05) is 26.3 Å². The van der Waals surface area contributed by atoms with Crippen molar-refractivity contribution in [3.63, 3.8) is 0 Å². The summed E-state index contributed by atoms with van der Waals surface area (Å²) >= 11 is 0. The molecule has 0 aromatic carbocycles. The summed E-state index contributed by atoms with van der Waals surface area (Å²) in [6.45, 7) is 4.99. The van der Waals surface area contributed by atoms with E-state index in [0.29, 0.717) is 6.42 Å². The van der Waals surface area contributed by atoms with E-state index in [1.807, 2.05) is 11.8 Å². The van der Waals surface area contributed by atoms with E-state index in [1.165, 1.54) is 6.42 Å². The van der Waals surface area contributed by atoms with Crippen LogP contribution in [0.4, 0.5) is 0 Å². The number of piperidine rings is 1. The molecule has 0 bridgehead atoms. The Morgan fingerprint density at radius 1 is 1.28 bits per heavy atom. The number of nitrogens with one attached hydrogen (secondary N) is 1. The zero-order chi connectivity index (χ0) is 13.6. The molecule has 1 heterocycles. The van der Waals surface area contributed by atoms with Crippen molar-refractivity contribution in [2.45, 2.75) is 51.1 Å². The van der Waals surface area contributed by atoms with Crippen LogP contribution in [-0.4, -0.2) is 58.9 Å². The number of aliphatic hydroxyl groups excluding tert-OH is 2. The van der Waals surface area contributed by atoms with E-state index in [4.69, 9.17) is 0 Å². The maximum absolute atomic E-state index is 12.2. The van der Waals surface area contributed by atoms with E-state index in [0.717, 1.165) is 25.9 Å². The summed E-state index contributed by atoms with van der Waals surface area (Å²) in [6, 6.07) is -0.373. The molecule has 0 aliphatic carbocycles. The molecule has 1 unspecified atom stereocenters. The zero-order valence-electron chi connectivity index (χ0n) is 11.5. The van der Waals surface area contributed by atoms with Crippen molar-refractivity contribution in [3.05, 3.63) is 0 Å². The maximum atomic E-state index is 12.2. The van der Waals surface area contributed by atoms with Gasteiger partial charge >= 0.3 is 0 Å². The van der Waals surface area contributed by atoms with Crippen molar-refractivity contribution in [1.29, 1.82) is 0 Å². The predicted molar refractivity (Wildman–Crippen MR) is 70.2 cm³/mol. The van der Waals surface area contributed by atoms with Crippen LogP contribution in [0.3, 0.4) is 0 Å². The number of nitrogens with zero attached hydrogens (tertiary/aromatic N) is 1. The Labute approximate surface area is 109 Å². The summed E-state index contributed by atoms with van der Waals surface area (Å²) in [4.78, 5) is 14.1. The second-order valence-corrected chi connectivity index (χ2v) is 5.20. The first-order valence-corrected chi connectivity index (χ1v) is 6.87. The fourth-order valence-electron chi connectivity index (χ4n) is 2.38. The largest absolute Gasteiger partial charge is 0.394 e. The molecule has 106 valence electrons. The predicted octanol–water partition coefficient (Wildman–Crippen LogP) is 0.110. The van der Waals surface area contributed by atoms with Gasteiger partial charge in [-0.05, 0) is 32.6 Å². The lowest BCUT2D eigenvalue weighted by Gasteiger charge is -2.36. The molecule has 1 aliphatic heterocycles. The molecule has 1 aliphatic rings. The van der Waals surface area contributed by atoms with E-state index in [9.17, 15) is 15.0 Å². The number of carbonyl (C=O) groups excluding carboxylic acids is 1. The number of aliphatic hydroxyl groups is 2. The number of carbonyl (C=O) groups is 1. The number of hydrogen-bond donors (Lipinski definition) is 3. The first kappa shape index (κ1) is 15.4. The molecule has 0 aromatic rings. The number of rotatable bonds is 6. The molecular weight excluding hydrogens is 232 g/mol. The van der Waals surface area contributed by atoms with Gasteiger partial charge < -0.3 is 15.1 Å². The lowest BCUT2D eigenvalue weighted by atomic mass is 9.97. The molecule has 3 N–H and O–H groups in total. The van der Waals surface area contributed by atoms with Crippen molar-refractivity contribution >= 4 is 5.91 Å². The molecule has 0 radical (unpaired) electrons. The maximum Gasteiger partial charge on any atom is 0.239 e. The summed E-state index contributed by atoms with van der Waals surface area (Å²) in [7, 11) is 0. The van der Waals surface area contributed by atoms with E-state index in [-0.39, 0.29) is 25.2 Å². The third-order valence-corrected chi connectivity index (χ3v) is 3.84. The summed E-state index contributed by atoms with van der Waals surface area (Å²) in [6.07, 6.45) is 3.91. The molecule has 0 aromatic heterocycles. The Hall–Kier alpha value is -0.650. The lowest BCUT2D eigenvalue weighted by molar-refractivity contribution is -0.134. The summed E-state index contributed by atoms with van der Waals surface area (Å²) in [5.41, 5.74) is -0.759. The van der Waals surface area contributed by atoms with Gasteiger partial charge in [-0.15, -0.1) is 0 Å². The first-order chi connectivity index (χ1) is 8.58. The van der Waals surface area contributed by atoms with Gasteiger partial charge in [-0.1, -0.05) is 6.92 Å². The van der Waals surface area contributed by atoms with Gasteiger partial charge in [0.1, 0.15) is 0 Å². The molecule has 5 nitrogen and oxygen atoms in total. The minimum atomic E-state index is -0.759. The van der Waals surface area contributed by atoms with Crippen molar-refractivity contribution < 1.29 is 15.0 Å². The highest BCUT2D eigenvalue weighted by Gasteiger charge is 2.32. The topological polar surface area (TPSA) is 72.8 Å². The fraction of sp³-hybridized carbons (Fsp3) is 0.923. The lowest BCUT2D eigenvalue weighted by Crippen LogP contribution is -2.59. The van der Waals surface area contributed by atoms with Gasteiger partial charge in [-0.2, -0.15) is 0 Å². The van der Waals surface area contributed by atoms with Crippen LogP contribution in [0.25, 0.3) is 0 Å². The molecule has 1 rings (SSSR count). The minimum absolute atomic E-state index is 0.0643. The van der Waals surface area contributed by atoms with Gasteiger partial charge in [-0.25, -0.2) is 0 Å². The summed E-state index contributed by atoms with van der Waals surface area (Å²) in [5.74, 6) is 0.0643. The van der Waals surface area contributed by atoms with Crippen LogP contribution in [0.15, 0.2) is 0 Å². The average Bonchev–Trinajstić information content (AvgIpc) is 2.45. The Bertz CT molecular complexity index is 253. The third kappa shape index (κ3) is 3.67. The molecule has 0 saturated carbocycles. The van der Waals surface area contributed by atoms with Crippen LogP contribution >= 0.6 is 0 Å². The van der Waals surface area contributed by atoms with Gasteiger partial charge in [0.15, 0.2) is 0 Å². The zero-order valence-corrected chi connectivity index (χ0v) is 11.5. The monoisotopic (exact) mass is 258 g/mol. The Morgan fingerprint density at radius 3 is 2.28 bits per heavy atom. The highest BCUT2D eigenvalue weighted by atomic mass is 16.3. The second-order valence-electron chi connectivity index (χ2n) is 5.20. The van der Waals surface area contributed by atoms with E-state index < -0.39 is 5.54 Å². The normalized spacial score (nSPS) is 18.8. The fourth-order valence-corrected chi connectivity index (χ4v) is 2.38.